The summed E-state index contributed by atoms with van der Waals surface area (Å²) < 4.78 is 0. The van der Waals surface area contributed by atoms with Gasteiger partial charge in [0.15, 0.2) is 0 Å². The fraction of sp³-hybridized carbons (Fsp3) is 0.385. The van der Waals surface area contributed by atoms with Crippen molar-refractivity contribution in [2.75, 3.05) is 0 Å². The lowest BCUT2D eigenvalue weighted by molar-refractivity contribution is -0.384. The van der Waals surface area contributed by atoms with Gasteiger partial charge in [-0.1, -0.05) is 11.6 Å². The summed E-state index contributed by atoms with van der Waals surface area (Å²) in [4.78, 5) is 33.3. The van der Waals surface area contributed by atoms with Crippen molar-refractivity contribution in [3.63, 3.8) is 0 Å². The zero-order valence-corrected chi connectivity index (χ0v) is 11.4. The molecule has 6 nitrogen and oxygen atoms in total. The van der Waals surface area contributed by atoms with Crippen molar-refractivity contribution in [3.05, 3.63) is 38.9 Å². The molecule has 0 aromatic heterocycles. The van der Waals surface area contributed by atoms with Crippen LogP contribution < -0.4 is 5.32 Å². The molecule has 1 aromatic carbocycles. The topological polar surface area (TPSA) is 89.3 Å². The maximum Gasteiger partial charge on any atom is 0.271 e. The average molecular weight is 297 g/mol. The molecule has 1 fully saturated rings. The van der Waals surface area contributed by atoms with E-state index in [1.807, 2.05) is 0 Å². The molecule has 1 N–H and O–H groups in total. The Morgan fingerprint density at radius 3 is 2.55 bits per heavy atom. The Morgan fingerprint density at radius 1 is 1.30 bits per heavy atom. The average Bonchev–Trinajstić information content (AvgIpc) is 2.40. The number of hydrogen-bond donors (Lipinski definition) is 1. The van der Waals surface area contributed by atoms with Crippen LogP contribution >= 0.6 is 11.6 Å². The molecule has 1 aromatic rings. The summed E-state index contributed by atoms with van der Waals surface area (Å²) in [7, 11) is 0. The Bertz CT molecular complexity index is 563. The lowest BCUT2D eigenvalue weighted by Gasteiger charge is -2.22. The summed E-state index contributed by atoms with van der Waals surface area (Å²) in [6.45, 7) is 0. The molecule has 0 atom stereocenters. The number of Topliss-reactive ketones (excluding diaryl/α,β-unsaturated/α-hetero) is 1. The van der Waals surface area contributed by atoms with Crippen LogP contribution in [-0.4, -0.2) is 22.7 Å². The smallest absolute Gasteiger partial charge is 0.271 e. The first-order valence-electron chi connectivity index (χ1n) is 6.23. The van der Waals surface area contributed by atoms with E-state index in [9.17, 15) is 19.7 Å². The quantitative estimate of drug-likeness (QED) is 0.685. The number of rotatable bonds is 3. The van der Waals surface area contributed by atoms with Gasteiger partial charge in [-0.2, -0.15) is 0 Å². The first-order chi connectivity index (χ1) is 9.45. The highest BCUT2D eigenvalue weighted by Gasteiger charge is 2.21. The van der Waals surface area contributed by atoms with Crippen molar-refractivity contribution in [2.45, 2.75) is 31.7 Å². The third-order valence-corrected chi connectivity index (χ3v) is 3.45. The van der Waals surface area contributed by atoms with Gasteiger partial charge in [-0.25, -0.2) is 0 Å². The highest BCUT2D eigenvalue weighted by molar-refractivity contribution is 6.31. The van der Waals surface area contributed by atoms with Crippen LogP contribution in [0.25, 0.3) is 0 Å². The predicted molar refractivity (Wildman–Crippen MR) is 72.8 cm³/mol. The number of nitro benzene ring substituents is 1. The molecule has 0 bridgehead atoms. The summed E-state index contributed by atoms with van der Waals surface area (Å²) in [6, 6.07) is 3.70. The largest absolute Gasteiger partial charge is 0.349 e. The van der Waals surface area contributed by atoms with Gasteiger partial charge in [0, 0.05) is 41.6 Å². The zero-order chi connectivity index (χ0) is 14.7. The second-order valence-electron chi connectivity index (χ2n) is 4.74. The van der Waals surface area contributed by atoms with E-state index >= 15 is 0 Å². The van der Waals surface area contributed by atoms with Gasteiger partial charge in [-0.05, 0) is 18.9 Å². The normalized spacial score (nSPS) is 15.9. The van der Waals surface area contributed by atoms with Crippen molar-refractivity contribution < 1.29 is 14.5 Å². The second kappa shape index (κ2) is 6.00. The molecule has 0 saturated heterocycles. The molecule has 1 aliphatic carbocycles. The Kier molecular flexibility index (Phi) is 4.34. The Labute approximate surface area is 120 Å². The highest BCUT2D eigenvalue weighted by atomic mass is 35.5. The molecule has 1 amide bonds. The molecular formula is C13H13ClN2O4. The van der Waals surface area contributed by atoms with Gasteiger partial charge in [0.05, 0.1) is 4.92 Å². The minimum atomic E-state index is -0.595. The van der Waals surface area contributed by atoms with E-state index in [-0.39, 0.29) is 28.1 Å². The Morgan fingerprint density at radius 2 is 1.95 bits per heavy atom. The number of benzene rings is 1. The van der Waals surface area contributed by atoms with Gasteiger partial charge in [0.25, 0.3) is 11.6 Å². The molecule has 20 heavy (non-hydrogen) atoms. The molecule has 1 saturated carbocycles. The van der Waals surface area contributed by atoms with E-state index in [2.05, 4.69) is 5.32 Å². The number of amides is 1. The monoisotopic (exact) mass is 296 g/mol. The van der Waals surface area contributed by atoms with Crippen molar-refractivity contribution in [3.8, 4) is 0 Å². The van der Waals surface area contributed by atoms with Crippen molar-refractivity contribution in [1.82, 2.24) is 5.32 Å². The summed E-state index contributed by atoms with van der Waals surface area (Å²) in [6.07, 6.45) is 2.13. The Balaban J connectivity index is 2.09. The van der Waals surface area contributed by atoms with Crippen LogP contribution in [0.1, 0.15) is 36.0 Å². The SMILES string of the molecule is O=C1CCC(NC(=O)c2cc(Cl)cc([N+](=O)[O-])c2)CC1. The van der Waals surface area contributed by atoms with Crippen molar-refractivity contribution in [2.24, 2.45) is 0 Å². The molecule has 7 heteroatoms. The summed E-state index contributed by atoms with van der Waals surface area (Å²) in [5, 5.41) is 13.7. The third kappa shape index (κ3) is 3.54. The third-order valence-electron chi connectivity index (χ3n) is 3.23. The maximum absolute atomic E-state index is 12.0. The summed E-state index contributed by atoms with van der Waals surface area (Å²) in [5.74, 6) is -0.205. The highest BCUT2D eigenvalue weighted by Crippen LogP contribution is 2.22. The number of nitro groups is 1. The van der Waals surface area contributed by atoms with E-state index in [1.165, 1.54) is 18.2 Å². The standard InChI is InChI=1S/C13H13ClN2O4/c14-9-5-8(6-11(7-9)16(19)20)13(18)15-10-1-3-12(17)4-2-10/h5-7,10H,1-4H2,(H,15,18). The zero-order valence-electron chi connectivity index (χ0n) is 10.6. The fourth-order valence-corrected chi connectivity index (χ4v) is 2.39. The van der Waals surface area contributed by atoms with E-state index in [4.69, 9.17) is 11.6 Å². The van der Waals surface area contributed by atoms with Crippen LogP contribution in [-0.2, 0) is 4.79 Å². The van der Waals surface area contributed by atoms with E-state index in [1.54, 1.807) is 0 Å². The van der Waals surface area contributed by atoms with E-state index < -0.39 is 10.8 Å². The van der Waals surface area contributed by atoms with Crippen LogP contribution in [0.5, 0.6) is 0 Å². The summed E-state index contributed by atoms with van der Waals surface area (Å²) >= 11 is 5.77. The molecule has 0 spiro atoms. The number of nitrogens with zero attached hydrogens (tertiary/aromatic N) is 1. The predicted octanol–water partition coefficient (Wildman–Crippen LogP) is 2.49. The number of non-ortho nitro benzene ring substituents is 1. The Hall–Kier alpha value is -1.95. The number of carbonyl (C=O) groups excluding carboxylic acids is 2. The number of nitrogens with one attached hydrogen (secondary N) is 1. The van der Waals surface area contributed by atoms with Crippen LogP contribution in [0.15, 0.2) is 18.2 Å². The number of ketones is 1. The van der Waals surface area contributed by atoms with Gasteiger partial charge < -0.3 is 5.32 Å². The molecule has 106 valence electrons. The summed E-state index contributed by atoms with van der Waals surface area (Å²) in [5.41, 5.74) is -0.0671. The van der Waals surface area contributed by atoms with Gasteiger partial charge in [-0.3, -0.25) is 19.7 Å². The van der Waals surface area contributed by atoms with Crippen molar-refractivity contribution >= 4 is 29.0 Å². The minimum Gasteiger partial charge on any atom is -0.349 e. The lowest BCUT2D eigenvalue weighted by atomic mass is 9.94. The van der Waals surface area contributed by atoms with Gasteiger partial charge >= 0.3 is 0 Å². The number of hydrogen-bond acceptors (Lipinski definition) is 4. The van der Waals surface area contributed by atoms with Gasteiger partial charge in [-0.15, -0.1) is 0 Å². The molecule has 0 unspecified atom stereocenters. The van der Waals surface area contributed by atoms with Gasteiger partial charge in [0.1, 0.15) is 5.78 Å². The van der Waals surface area contributed by atoms with Crippen molar-refractivity contribution in [1.29, 1.82) is 0 Å². The second-order valence-corrected chi connectivity index (χ2v) is 5.18. The van der Waals surface area contributed by atoms with E-state index in [0.29, 0.717) is 25.7 Å². The first-order valence-corrected chi connectivity index (χ1v) is 6.61. The van der Waals surface area contributed by atoms with Crippen LogP contribution in [0, 0.1) is 10.1 Å². The molecule has 0 heterocycles. The number of halogens is 1. The fourth-order valence-electron chi connectivity index (χ4n) is 2.16. The lowest BCUT2D eigenvalue weighted by Crippen LogP contribution is -2.37. The maximum atomic E-state index is 12.0. The van der Waals surface area contributed by atoms with Crippen LogP contribution in [0.4, 0.5) is 5.69 Å². The minimum absolute atomic E-state index is 0.0711. The number of carbonyl (C=O) groups is 2. The van der Waals surface area contributed by atoms with Crippen LogP contribution in [0.2, 0.25) is 5.02 Å². The van der Waals surface area contributed by atoms with Gasteiger partial charge in [0.2, 0.25) is 0 Å². The molecule has 1 aliphatic rings. The van der Waals surface area contributed by atoms with Crippen LogP contribution in [0.3, 0.4) is 0 Å². The first kappa shape index (κ1) is 14.5. The molecule has 0 radical (unpaired) electrons. The molecular weight excluding hydrogens is 284 g/mol. The van der Waals surface area contributed by atoms with E-state index in [0.717, 1.165) is 0 Å². The molecule has 0 aliphatic heterocycles. The molecule has 2 rings (SSSR count).